The van der Waals surface area contributed by atoms with Crippen LogP contribution < -0.4 is 10.1 Å². The van der Waals surface area contributed by atoms with E-state index in [2.05, 4.69) is 20.3 Å². The molecule has 0 aliphatic carbocycles. The summed E-state index contributed by atoms with van der Waals surface area (Å²) in [7, 11) is 0. The molecule has 0 spiro atoms. The number of likely N-dealkylation sites (tertiary alicyclic amines) is 1. The number of fused-ring (bicyclic) bond motifs is 3. The molecule has 0 saturated carbocycles. The normalized spacial score (nSPS) is 15.4. The van der Waals surface area contributed by atoms with E-state index in [1.54, 1.807) is 11.3 Å². The molecule has 1 N–H and O–H groups in total. The van der Waals surface area contributed by atoms with Gasteiger partial charge in [0.15, 0.2) is 11.6 Å². The molecular weight excluding hydrogens is 470 g/mol. The Balaban J connectivity index is 1.31. The number of aromatic nitrogens is 4. The predicted molar refractivity (Wildman–Crippen MR) is 131 cm³/mol. The van der Waals surface area contributed by atoms with E-state index in [1.807, 2.05) is 18.2 Å². The molecule has 2 aliphatic rings. The average molecular weight is 495 g/mol. The predicted octanol–water partition coefficient (Wildman–Crippen LogP) is 4.78. The minimum Gasteiger partial charge on any atom is -0.491 e. The molecule has 6 rings (SSSR count). The fourth-order valence-corrected chi connectivity index (χ4v) is 5.74. The third-order valence-electron chi connectivity index (χ3n) is 6.35. The molecule has 0 amide bonds. The van der Waals surface area contributed by atoms with Crippen molar-refractivity contribution in [2.75, 3.05) is 38.1 Å². The Bertz CT molecular complexity index is 1360. The van der Waals surface area contributed by atoms with Crippen molar-refractivity contribution in [1.29, 1.82) is 0 Å². The minimum absolute atomic E-state index is 0.147. The molecule has 0 radical (unpaired) electrons. The zero-order valence-electron chi connectivity index (χ0n) is 19.0. The number of rotatable bonds is 6. The number of nitrogens with zero attached hydrogens (tertiary/aromatic N) is 5. The van der Waals surface area contributed by atoms with Gasteiger partial charge in [0.05, 0.1) is 11.5 Å². The molecule has 0 atom stereocenters. The van der Waals surface area contributed by atoms with Crippen LogP contribution in [0.15, 0.2) is 42.7 Å². The zero-order valence-corrected chi connectivity index (χ0v) is 19.8. The van der Waals surface area contributed by atoms with Crippen molar-refractivity contribution in [1.82, 2.24) is 24.6 Å². The first-order valence-electron chi connectivity index (χ1n) is 11.7. The largest absolute Gasteiger partial charge is 0.491 e. The summed E-state index contributed by atoms with van der Waals surface area (Å²) < 4.78 is 35.3. The summed E-state index contributed by atoms with van der Waals surface area (Å²) in [5.74, 6) is 0.715. The number of benzene rings is 1. The molecule has 180 valence electrons. The molecule has 3 aromatic heterocycles. The number of pyridine rings is 1. The summed E-state index contributed by atoms with van der Waals surface area (Å²) in [6, 6.07) is 9.35. The maximum absolute atomic E-state index is 14.5. The highest BCUT2D eigenvalue weighted by atomic mass is 32.1. The lowest BCUT2D eigenvalue weighted by Crippen LogP contribution is -2.26. The number of ether oxygens (including phenoxy) is 1. The molecule has 2 aliphatic heterocycles. The van der Waals surface area contributed by atoms with Gasteiger partial charge in [-0.1, -0.05) is 0 Å². The quantitative estimate of drug-likeness (QED) is 0.416. The highest BCUT2D eigenvalue weighted by molar-refractivity contribution is 7.16. The van der Waals surface area contributed by atoms with Gasteiger partial charge in [0.2, 0.25) is 0 Å². The first-order valence-corrected chi connectivity index (χ1v) is 12.6. The Kier molecular flexibility index (Phi) is 5.91. The maximum Gasteiger partial charge on any atom is 0.173 e. The van der Waals surface area contributed by atoms with Crippen molar-refractivity contribution in [2.24, 2.45) is 0 Å². The molecule has 0 unspecified atom stereocenters. The number of hydrogen-bond acceptors (Lipinski definition) is 7. The second-order valence-corrected chi connectivity index (χ2v) is 9.79. The van der Waals surface area contributed by atoms with Crippen LogP contribution in [0.4, 0.5) is 14.6 Å². The highest BCUT2D eigenvalue weighted by Crippen LogP contribution is 2.42. The van der Waals surface area contributed by atoms with Crippen LogP contribution in [0.25, 0.3) is 27.6 Å². The van der Waals surface area contributed by atoms with Gasteiger partial charge in [0.1, 0.15) is 35.1 Å². The van der Waals surface area contributed by atoms with E-state index in [1.165, 1.54) is 49.1 Å². The number of thiophene rings is 1. The maximum atomic E-state index is 14.5. The molecule has 0 bridgehead atoms. The Morgan fingerprint density at radius 1 is 1.09 bits per heavy atom. The topological polar surface area (TPSA) is 68.1 Å². The van der Waals surface area contributed by atoms with Crippen LogP contribution in [0.1, 0.15) is 17.7 Å². The lowest BCUT2D eigenvalue weighted by atomic mass is 10.1. The monoisotopic (exact) mass is 494 g/mol. The van der Waals surface area contributed by atoms with Gasteiger partial charge in [-0.25, -0.2) is 23.4 Å². The molecule has 10 heteroatoms. The third-order valence-corrected chi connectivity index (χ3v) is 7.54. The van der Waals surface area contributed by atoms with Crippen LogP contribution in [0.2, 0.25) is 0 Å². The van der Waals surface area contributed by atoms with E-state index >= 15 is 0 Å². The van der Waals surface area contributed by atoms with E-state index in [0.717, 1.165) is 58.2 Å². The zero-order chi connectivity index (χ0) is 23.8. The standard InChI is InChI=1S/C25H24F2N6OS/c26-16-3-4-19(18(27)13-16)33-25(29-15-30-33)22-14-17-21(35-22)7-12-34-20-5-6-23(31-24(17)20)28-8-11-32-9-1-2-10-32/h3-6,13-15H,1-2,7-12H2,(H,28,31). The van der Waals surface area contributed by atoms with Crippen LogP contribution in [0.5, 0.6) is 5.75 Å². The van der Waals surface area contributed by atoms with Crippen LogP contribution in [0, 0.1) is 11.6 Å². The summed E-state index contributed by atoms with van der Waals surface area (Å²) in [4.78, 5) is 13.7. The number of halogens is 2. The lowest BCUT2D eigenvalue weighted by Gasteiger charge is -2.15. The van der Waals surface area contributed by atoms with Gasteiger partial charge in [0, 0.05) is 36.0 Å². The number of nitrogens with one attached hydrogen (secondary N) is 1. The molecule has 1 saturated heterocycles. The van der Waals surface area contributed by atoms with Crippen molar-refractivity contribution in [3.8, 4) is 33.4 Å². The van der Waals surface area contributed by atoms with Crippen LogP contribution in [-0.2, 0) is 6.42 Å². The van der Waals surface area contributed by atoms with Gasteiger partial charge in [-0.05, 0) is 56.3 Å². The van der Waals surface area contributed by atoms with Crippen molar-refractivity contribution < 1.29 is 13.5 Å². The van der Waals surface area contributed by atoms with Gasteiger partial charge in [0.25, 0.3) is 0 Å². The summed E-state index contributed by atoms with van der Waals surface area (Å²) in [6.07, 6.45) is 4.66. The van der Waals surface area contributed by atoms with Gasteiger partial charge in [-0.3, -0.25) is 0 Å². The fourth-order valence-electron chi connectivity index (χ4n) is 4.62. The highest BCUT2D eigenvalue weighted by Gasteiger charge is 2.24. The Hall–Kier alpha value is -3.37. The third kappa shape index (κ3) is 4.39. The number of anilines is 1. The van der Waals surface area contributed by atoms with E-state index in [9.17, 15) is 8.78 Å². The van der Waals surface area contributed by atoms with Crippen LogP contribution >= 0.6 is 11.3 Å². The minimum atomic E-state index is -0.695. The molecule has 1 fully saturated rings. The van der Waals surface area contributed by atoms with Crippen molar-refractivity contribution >= 4 is 17.2 Å². The lowest BCUT2D eigenvalue weighted by molar-refractivity contribution is 0.326. The Morgan fingerprint density at radius 2 is 1.97 bits per heavy atom. The van der Waals surface area contributed by atoms with E-state index in [0.29, 0.717) is 12.4 Å². The van der Waals surface area contributed by atoms with Crippen molar-refractivity contribution in [3.63, 3.8) is 0 Å². The average Bonchev–Trinajstić information content (AvgIpc) is 3.60. The molecule has 4 aromatic rings. The van der Waals surface area contributed by atoms with Gasteiger partial charge >= 0.3 is 0 Å². The van der Waals surface area contributed by atoms with Gasteiger partial charge in [-0.2, -0.15) is 5.10 Å². The van der Waals surface area contributed by atoms with Crippen LogP contribution in [-0.4, -0.2) is 57.4 Å². The first-order chi connectivity index (χ1) is 17.2. The van der Waals surface area contributed by atoms with E-state index in [-0.39, 0.29) is 5.69 Å². The smallest absolute Gasteiger partial charge is 0.173 e. The van der Waals surface area contributed by atoms with E-state index in [4.69, 9.17) is 9.72 Å². The van der Waals surface area contributed by atoms with Crippen molar-refractivity contribution in [3.05, 3.63) is 59.2 Å². The Morgan fingerprint density at radius 3 is 2.83 bits per heavy atom. The molecular formula is C25H24F2N6OS. The first kappa shape index (κ1) is 22.1. The Labute approximate surface area is 205 Å². The summed E-state index contributed by atoms with van der Waals surface area (Å²) in [5.41, 5.74) is 1.91. The van der Waals surface area contributed by atoms with E-state index < -0.39 is 11.6 Å². The fraction of sp³-hybridized carbons (Fsp3) is 0.320. The van der Waals surface area contributed by atoms with Crippen LogP contribution in [0.3, 0.4) is 0 Å². The summed E-state index contributed by atoms with van der Waals surface area (Å²) in [5, 5.41) is 7.64. The second kappa shape index (κ2) is 9.35. The number of hydrogen-bond donors (Lipinski definition) is 1. The van der Waals surface area contributed by atoms with Gasteiger partial charge < -0.3 is 15.0 Å². The molecule has 5 heterocycles. The summed E-state index contributed by atoms with van der Waals surface area (Å²) in [6.45, 7) is 4.71. The SMILES string of the molecule is Fc1ccc(-n2ncnc2-c2cc3c(s2)CCOc2ccc(NCCN4CCCC4)nc2-3)c(F)c1. The van der Waals surface area contributed by atoms with Crippen molar-refractivity contribution in [2.45, 2.75) is 19.3 Å². The second-order valence-electron chi connectivity index (χ2n) is 8.66. The summed E-state index contributed by atoms with van der Waals surface area (Å²) >= 11 is 1.56. The molecule has 1 aromatic carbocycles. The molecule has 35 heavy (non-hydrogen) atoms. The van der Waals surface area contributed by atoms with Gasteiger partial charge in [-0.15, -0.1) is 11.3 Å². The molecule has 7 nitrogen and oxygen atoms in total.